The van der Waals surface area contributed by atoms with Crippen LogP contribution in [0.5, 0.6) is 0 Å². The zero-order valence-corrected chi connectivity index (χ0v) is 11.2. The maximum absolute atomic E-state index is 11.9. The Bertz CT molecular complexity index is 509. The number of hydrogen-bond donors (Lipinski definition) is 2. The lowest BCUT2D eigenvalue weighted by molar-refractivity contribution is -0.384. The Kier molecular flexibility index (Phi) is 3.85. The van der Waals surface area contributed by atoms with Crippen LogP contribution in [0.4, 0.5) is 11.4 Å². The molecule has 0 unspecified atom stereocenters. The van der Waals surface area contributed by atoms with Gasteiger partial charge in [-0.3, -0.25) is 10.1 Å². The van der Waals surface area contributed by atoms with Crippen LogP contribution in [-0.4, -0.2) is 16.5 Å². The van der Waals surface area contributed by atoms with E-state index in [4.69, 9.17) is 10.5 Å². The highest BCUT2D eigenvalue weighted by atomic mass is 32.1. The van der Waals surface area contributed by atoms with Gasteiger partial charge in [0, 0.05) is 4.90 Å². The lowest BCUT2D eigenvalue weighted by Gasteiger charge is -2.20. The third-order valence-electron chi connectivity index (χ3n) is 1.97. The predicted molar refractivity (Wildman–Crippen MR) is 69.9 cm³/mol. The third-order valence-corrected chi connectivity index (χ3v) is 2.35. The van der Waals surface area contributed by atoms with Gasteiger partial charge in [0.2, 0.25) is 0 Å². The van der Waals surface area contributed by atoms with Gasteiger partial charge in [0.15, 0.2) is 5.56 Å². The van der Waals surface area contributed by atoms with Gasteiger partial charge in [-0.2, -0.15) is 0 Å². The molecule has 0 amide bonds. The Morgan fingerprint density at radius 1 is 1.44 bits per heavy atom. The molecule has 0 fully saturated rings. The van der Waals surface area contributed by atoms with Crippen molar-refractivity contribution in [2.24, 2.45) is 0 Å². The Hall–Kier alpha value is -1.76. The average Bonchev–Trinajstić information content (AvgIpc) is 2.17. The summed E-state index contributed by atoms with van der Waals surface area (Å²) in [6.07, 6.45) is 0. The van der Waals surface area contributed by atoms with Crippen LogP contribution in [-0.2, 0) is 4.74 Å². The number of carbonyl (C=O) groups excluding carboxylic acids is 1. The van der Waals surface area contributed by atoms with Crippen LogP contribution in [0, 0.1) is 10.1 Å². The molecule has 18 heavy (non-hydrogen) atoms. The highest BCUT2D eigenvalue weighted by Crippen LogP contribution is 2.32. The fourth-order valence-corrected chi connectivity index (χ4v) is 1.60. The maximum atomic E-state index is 11.9. The molecular weight excluding hydrogens is 256 g/mol. The van der Waals surface area contributed by atoms with E-state index < -0.39 is 22.2 Å². The first-order chi connectivity index (χ1) is 8.13. The first-order valence-corrected chi connectivity index (χ1v) is 5.57. The molecule has 0 bridgehead atoms. The van der Waals surface area contributed by atoms with Crippen LogP contribution in [0.25, 0.3) is 0 Å². The van der Waals surface area contributed by atoms with Crippen LogP contribution in [0.2, 0.25) is 0 Å². The predicted octanol–water partition coefficient (Wildman–Crippen LogP) is 2.42. The molecule has 0 radical (unpaired) electrons. The highest BCUT2D eigenvalue weighted by Gasteiger charge is 2.30. The number of nitro benzene ring substituents is 1. The average molecular weight is 270 g/mol. The van der Waals surface area contributed by atoms with Crippen LogP contribution >= 0.6 is 12.6 Å². The van der Waals surface area contributed by atoms with Crippen molar-refractivity contribution in [1.82, 2.24) is 0 Å². The molecule has 7 heteroatoms. The smallest absolute Gasteiger partial charge is 0.346 e. The molecule has 0 aliphatic heterocycles. The summed E-state index contributed by atoms with van der Waals surface area (Å²) in [5.74, 6) is -0.813. The summed E-state index contributed by atoms with van der Waals surface area (Å²) in [7, 11) is 0. The van der Waals surface area contributed by atoms with E-state index in [1.165, 1.54) is 12.1 Å². The summed E-state index contributed by atoms with van der Waals surface area (Å²) in [5.41, 5.74) is 3.96. The minimum atomic E-state index is -0.813. The number of ether oxygens (including phenoxy) is 1. The number of nitro groups is 1. The molecule has 2 N–H and O–H groups in total. The van der Waals surface area contributed by atoms with E-state index in [0.29, 0.717) is 0 Å². The second kappa shape index (κ2) is 4.85. The molecule has 1 aromatic carbocycles. The lowest BCUT2D eigenvalue weighted by atomic mass is 10.1. The molecule has 98 valence electrons. The number of benzene rings is 1. The van der Waals surface area contributed by atoms with Crippen molar-refractivity contribution in [2.75, 3.05) is 5.73 Å². The van der Waals surface area contributed by atoms with E-state index in [9.17, 15) is 14.9 Å². The molecule has 0 saturated carbocycles. The largest absolute Gasteiger partial charge is 0.456 e. The SMILES string of the molecule is CC(C)(C)OC(=O)c1c(S)ccc(N)c1[N+](=O)[O-]. The molecule has 0 spiro atoms. The van der Waals surface area contributed by atoms with Gasteiger partial charge >= 0.3 is 11.7 Å². The fourth-order valence-electron chi connectivity index (χ4n) is 1.32. The zero-order chi connectivity index (χ0) is 14.1. The van der Waals surface area contributed by atoms with Crippen molar-refractivity contribution < 1.29 is 14.5 Å². The number of nitrogen functional groups attached to an aromatic ring is 1. The summed E-state index contributed by atoms with van der Waals surface area (Å²) in [6.45, 7) is 5.00. The quantitative estimate of drug-likeness (QED) is 0.283. The molecule has 6 nitrogen and oxygen atoms in total. The molecule has 1 aromatic rings. The number of anilines is 1. The topological polar surface area (TPSA) is 95.5 Å². The molecule has 0 atom stereocenters. The van der Waals surface area contributed by atoms with E-state index in [2.05, 4.69) is 12.6 Å². The number of thiol groups is 1. The van der Waals surface area contributed by atoms with E-state index in [0.717, 1.165) is 0 Å². The summed E-state index contributed by atoms with van der Waals surface area (Å²) >= 11 is 4.04. The van der Waals surface area contributed by atoms with Gasteiger partial charge in [0.25, 0.3) is 0 Å². The van der Waals surface area contributed by atoms with Gasteiger partial charge in [0.1, 0.15) is 11.3 Å². The Morgan fingerprint density at radius 2 is 2.00 bits per heavy atom. The van der Waals surface area contributed by atoms with Gasteiger partial charge < -0.3 is 10.5 Å². The summed E-state index contributed by atoms with van der Waals surface area (Å²) < 4.78 is 5.10. The van der Waals surface area contributed by atoms with Crippen LogP contribution in [0.15, 0.2) is 17.0 Å². The standard InChI is InChI=1S/C11H14N2O4S/c1-11(2,3)17-10(14)8-7(18)5-4-6(12)9(8)13(15)16/h4-5,18H,12H2,1-3H3. The van der Waals surface area contributed by atoms with Gasteiger partial charge in [-0.1, -0.05) is 0 Å². The molecule has 0 aliphatic rings. The lowest BCUT2D eigenvalue weighted by Crippen LogP contribution is -2.25. The van der Waals surface area contributed by atoms with Gasteiger partial charge in [-0.25, -0.2) is 4.79 Å². The van der Waals surface area contributed by atoms with Gasteiger partial charge in [-0.15, -0.1) is 12.6 Å². The Morgan fingerprint density at radius 3 is 2.44 bits per heavy atom. The van der Waals surface area contributed by atoms with Crippen molar-refractivity contribution in [3.05, 3.63) is 27.8 Å². The monoisotopic (exact) mass is 270 g/mol. The number of nitrogens with zero attached hydrogens (tertiary/aromatic N) is 1. The second-order valence-electron chi connectivity index (χ2n) is 4.66. The Balaban J connectivity index is 3.35. The minimum Gasteiger partial charge on any atom is -0.456 e. The van der Waals surface area contributed by atoms with Crippen molar-refractivity contribution in [3.63, 3.8) is 0 Å². The number of nitrogens with two attached hydrogens (primary N) is 1. The van der Waals surface area contributed by atoms with Crippen molar-refractivity contribution in [2.45, 2.75) is 31.3 Å². The highest BCUT2D eigenvalue weighted by molar-refractivity contribution is 7.80. The van der Waals surface area contributed by atoms with Crippen molar-refractivity contribution >= 4 is 30.0 Å². The molecule has 0 heterocycles. The van der Waals surface area contributed by atoms with Gasteiger partial charge in [-0.05, 0) is 32.9 Å². The first kappa shape index (κ1) is 14.3. The molecule has 0 saturated heterocycles. The maximum Gasteiger partial charge on any atom is 0.346 e. The van der Waals surface area contributed by atoms with E-state index in [1.807, 2.05) is 0 Å². The third kappa shape index (κ3) is 3.13. The number of carbonyl (C=O) groups is 1. The molecule has 0 aliphatic carbocycles. The molecular formula is C11H14N2O4S. The number of rotatable bonds is 2. The number of hydrogen-bond acceptors (Lipinski definition) is 6. The Labute approximate surface area is 110 Å². The first-order valence-electron chi connectivity index (χ1n) is 5.12. The van der Waals surface area contributed by atoms with Gasteiger partial charge in [0.05, 0.1) is 4.92 Å². The van der Waals surface area contributed by atoms with Crippen molar-refractivity contribution in [1.29, 1.82) is 0 Å². The zero-order valence-electron chi connectivity index (χ0n) is 10.3. The van der Waals surface area contributed by atoms with Crippen LogP contribution in [0.3, 0.4) is 0 Å². The normalized spacial score (nSPS) is 11.1. The number of esters is 1. The molecule has 0 aromatic heterocycles. The molecule has 1 rings (SSSR count). The van der Waals surface area contributed by atoms with E-state index in [1.54, 1.807) is 20.8 Å². The minimum absolute atomic E-state index is 0.0985. The summed E-state index contributed by atoms with van der Waals surface area (Å²) in [6, 6.07) is 2.75. The summed E-state index contributed by atoms with van der Waals surface area (Å²) in [4.78, 5) is 22.3. The second-order valence-corrected chi connectivity index (χ2v) is 5.14. The van der Waals surface area contributed by atoms with E-state index in [-0.39, 0.29) is 16.1 Å². The summed E-state index contributed by atoms with van der Waals surface area (Å²) in [5, 5.41) is 10.9. The van der Waals surface area contributed by atoms with Crippen LogP contribution in [0.1, 0.15) is 31.1 Å². The fraction of sp³-hybridized carbons (Fsp3) is 0.364. The van der Waals surface area contributed by atoms with Crippen LogP contribution < -0.4 is 5.73 Å². The van der Waals surface area contributed by atoms with Crippen molar-refractivity contribution in [3.8, 4) is 0 Å². The van der Waals surface area contributed by atoms with E-state index >= 15 is 0 Å².